The minimum atomic E-state index is 0.985. The van der Waals surface area contributed by atoms with Crippen molar-refractivity contribution < 1.29 is 0 Å². The van der Waals surface area contributed by atoms with Crippen LogP contribution in [0, 0.1) is 6.08 Å². The first-order chi connectivity index (χ1) is 12.5. The van der Waals surface area contributed by atoms with Crippen molar-refractivity contribution in [1.29, 1.82) is 0 Å². The van der Waals surface area contributed by atoms with Crippen LogP contribution in [0.1, 0.15) is 19.3 Å². The van der Waals surface area contributed by atoms with Crippen LogP contribution in [0.15, 0.2) is 128 Å². The molecule has 0 nitrogen and oxygen atoms in total. The zero-order chi connectivity index (χ0) is 17.7. The maximum atomic E-state index is 3.28. The van der Waals surface area contributed by atoms with Gasteiger partial charge in [0, 0.05) is 0 Å². The van der Waals surface area contributed by atoms with E-state index in [0.717, 1.165) is 19.3 Å². The molecule has 0 aromatic rings. The van der Waals surface area contributed by atoms with E-state index in [2.05, 4.69) is 24.3 Å². The molecule has 1 aliphatic rings. The Kier molecular flexibility index (Phi) is 14.1. The Morgan fingerprint density at radius 3 is 1.20 bits per heavy atom. The highest BCUT2D eigenvalue weighted by Gasteiger charge is 1.79. The second-order valence-corrected chi connectivity index (χ2v) is 5.16. The van der Waals surface area contributed by atoms with E-state index in [4.69, 9.17) is 0 Å². The largest absolute Gasteiger partial charge is 0.0845 e. The van der Waals surface area contributed by atoms with Crippen molar-refractivity contribution in [1.82, 2.24) is 0 Å². The monoisotopic (exact) mass is 327 g/mol. The molecule has 0 aliphatic heterocycles. The fourth-order valence-electron chi connectivity index (χ4n) is 1.79. The molecule has 0 saturated carbocycles. The first-order valence-electron chi connectivity index (χ1n) is 8.72. The fourth-order valence-corrected chi connectivity index (χ4v) is 1.79. The van der Waals surface area contributed by atoms with Crippen LogP contribution in [-0.4, -0.2) is 0 Å². The van der Waals surface area contributed by atoms with Gasteiger partial charge in [-0.1, -0.05) is 128 Å². The van der Waals surface area contributed by atoms with Gasteiger partial charge in [0.05, 0.1) is 0 Å². The Morgan fingerprint density at radius 1 is 0.400 bits per heavy atom. The first-order valence-corrected chi connectivity index (χ1v) is 8.72. The summed E-state index contributed by atoms with van der Waals surface area (Å²) in [6.07, 6.45) is 49.0. The summed E-state index contributed by atoms with van der Waals surface area (Å²) in [6, 6.07) is 0. The van der Waals surface area contributed by atoms with E-state index in [1.165, 1.54) is 0 Å². The topological polar surface area (TPSA) is 0 Å². The first kappa shape index (κ1) is 20.2. The van der Waals surface area contributed by atoms with Gasteiger partial charge in [0.25, 0.3) is 0 Å². The van der Waals surface area contributed by atoms with Crippen molar-refractivity contribution in [2.45, 2.75) is 19.3 Å². The lowest BCUT2D eigenvalue weighted by Gasteiger charge is -1.87. The second kappa shape index (κ2) is 17.5. The summed E-state index contributed by atoms with van der Waals surface area (Å²) < 4.78 is 0. The van der Waals surface area contributed by atoms with Crippen molar-refractivity contribution in [3.63, 3.8) is 0 Å². The summed E-state index contributed by atoms with van der Waals surface area (Å²) >= 11 is 0. The second-order valence-electron chi connectivity index (χ2n) is 5.16. The van der Waals surface area contributed by atoms with Gasteiger partial charge in [-0.05, 0) is 25.3 Å². The highest BCUT2D eigenvalue weighted by molar-refractivity contribution is 5.22. The molecule has 0 fully saturated rings. The van der Waals surface area contributed by atoms with Crippen LogP contribution < -0.4 is 0 Å². The average molecular weight is 327 g/mol. The highest BCUT2D eigenvalue weighted by atomic mass is 13.8. The molecular formula is C25H27. The van der Waals surface area contributed by atoms with E-state index in [1.54, 1.807) is 0 Å². The quantitative estimate of drug-likeness (QED) is 0.445. The molecule has 1 aliphatic carbocycles. The zero-order valence-corrected chi connectivity index (χ0v) is 14.7. The molecule has 0 aromatic heterocycles. The van der Waals surface area contributed by atoms with E-state index in [-0.39, 0.29) is 0 Å². The van der Waals surface area contributed by atoms with Crippen molar-refractivity contribution in [3.8, 4) is 0 Å². The lowest BCUT2D eigenvalue weighted by molar-refractivity contribution is 0.855. The van der Waals surface area contributed by atoms with Gasteiger partial charge >= 0.3 is 0 Å². The van der Waals surface area contributed by atoms with Crippen molar-refractivity contribution in [2.24, 2.45) is 0 Å². The van der Waals surface area contributed by atoms with Gasteiger partial charge < -0.3 is 0 Å². The maximum Gasteiger partial charge on any atom is -0.0273 e. The summed E-state index contributed by atoms with van der Waals surface area (Å²) in [6.45, 7) is 0. The van der Waals surface area contributed by atoms with E-state index < -0.39 is 0 Å². The predicted octanol–water partition coefficient (Wildman–Crippen LogP) is 7.09. The molecule has 0 atom stereocenters. The van der Waals surface area contributed by atoms with E-state index in [0.29, 0.717) is 0 Å². The predicted molar refractivity (Wildman–Crippen MR) is 113 cm³/mol. The lowest BCUT2D eigenvalue weighted by atomic mass is 10.2. The van der Waals surface area contributed by atoms with Gasteiger partial charge in [0.15, 0.2) is 0 Å². The summed E-state index contributed by atoms with van der Waals surface area (Å²) in [5, 5.41) is 0. The van der Waals surface area contributed by atoms with Crippen molar-refractivity contribution in [3.05, 3.63) is 134 Å². The number of allylic oxidation sites excluding steroid dienone is 22. The molecule has 1 rings (SSSR count). The highest BCUT2D eigenvalue weighted by Crippen LogP contribution is 1.98. The molecule has 0 saturated heterocycles. The van der Waals surface area contributed by atoms with Gasteiger partial charge in [0.1, 0.15) is 0 Å². The summed E-state index contributed by atoms with van der Waals surface area (Å²) in [5.41, 5.74) is 0. The third-order valence-corrected chi connectivity index (χ3v) is 3.04. The molecule has 0 spiro atoms. The van der Waals surface area contributed by atoms with Gasteiger partial charge in [-0.2, -0.15) is 0 Å². The molecule has 0 bridgehead atoms. The van der Waals surface area contributed by atoms with Gasteiger partial charge in [-0.15, -0.1) is 0 Å². The SMILES string of the molecule is [C]1=C/C=C/C=C\C=C/C=C/C=C\C=C\C=C\C=C/C=C/C=C/CCC/1. The molecule has 0 unspecified atom stereocenters. The molecule has 25 heavy (non-hydrogen) atoms. The van der Waals surface area contributed by atoms with E-state index >= 15 is 0 Å². The molecule has 0 amide bonds. The van der Waals surface area contributed by atoms with Crippen LogP contribution in [0.25, 0.3) is 0 Å². The molecule has 0 aromatic carbocycles. The smallest absolute Gasteiger partial charge is 0.0273 e. The van der Waals surface area contributed by atoms with E-state index in [9.17, 15) is 0 Å². The molecule has 0 heterocycles. The number of hydrogen-bond donors (Lipinski definition) is 0. The van der Waals surface area contributed by atoms with Crippen molar-refractivity contribution in [2.75, 3.05) is 0 Å². The van der Waals surface area contributed by atoms with Crippen LogP contribution in [0.4, 0.5) is 0 Å². The Hall–Kier alpha value is -2.86. The molecule has 0 heteroatoms. The van der Waals surface area contributed by atoms with Crippen LogP contribution >= 0.6 is 0 Å². The van der Waals surface area contributed by atoms with Crippen molar-refractivity contribution >= 4 is 0 Å². The maximum absolute atomic E-state index is 3.28. The van der Waals surface area contributed by atoms with Gasteiger partial charge in [0.2, 0.25) is 0 Å². The number of hydrogen-bond acceptors (Lipinski definition) is 0. The molecule has 0 N–H and O–H groups in total. The normalized spacial score (nSPS) is 31.0. The summed E-state index contributed by atoms with van der Waals surface area (Å²) in [7, 11) is 0. The Bertz CT molecular complexity index is 580. The standard InChI is InChI=1S/C25H27/c1-2-4-6-8-10-12-14-16-18-20-22-24-25-23-21-19-17-15-13-11-9-7-5-3-1/h1-21H,22,24-25H2/b3-1-,4-2+,7-5+,8-6+,11-9-,12-10-,15-13-,16-14+,19-17+,20-18+,23-21?. The van der Waals surface area contributed by atoms with Crippen LogP contribution in [-0.2, 0) is 0 Å². The van der Waals surface area contributed by atoms with Gasteiger partial charge in [-0.3, -0.25) is 0 Å². The summed E-state index contributed by atoms with van der Waals surface area (Å²) in [4.78, 5) is 0. The Balaban J connectivity index is 2.57. The van der Waals surface area contributed by atoms with Gasteiger partial charge in [-0.25, -0.2) is 0 Å². The lowest BCUT2D eigenvalue weighted by Crippen LogP contribution is -1.68. The Morgan fingerprint density at radius 2 is 0.760 bits per heavy atom. The Labute approximate surface area is 153 Å². The van der Waals surface area contributed by atoms with Crippen LogP contribution in [0.5, 0.6) is 0 Å². The van der Waals surface area contributed by atoms with E-state index in [1.807, 2.05) is 109 Å². The molecule has 127 valence electrons. The van der Waals surface area contributed by atoms with Crippen LogP contribution in [0.3, 0.4) is 0 Å². The third-order valence-electron chi connectivity index (χ3n) is 3.04. The van der Waals surface area contributed by atoms with Crippen LogP contribution in [0.2, 0.25) is 0 Å². The molecular weight excluding hydrogens is 300 g/mol. The third kappa shape index (κ3) is 15.8. The minimum absolute atomic E-state index is 0.985. The zero-order valence-electron chi connectivity index (χ0n) is 14.7. The summed E-state index contributed by atoms with van der Waals surface area (Å²) in [5.74, 6) is 0. The number of rotatable bonds is 0. The fraction of sp³-hybridized carbons (Fsp3) is 0.120. The average Bonchev–Trinajstić information content (AvgIpc) is 2.62. The minimum Gasteiger partial charge on any atom is -0.0845 e. The molecule has 1 radical (unpaired) electrons.